The lowest BCUT2D eigenvalue weighted by Gasteiger charge is -2.19. The van der Waals surface area contributed by atoms with E-state index in [2.05, 4.69) is 109 Å². The van der Waals surface area contributed by atoms with E-state index in [1.54, 1.807) is 0 Å². The van der Waals surface area contributed by atoms with Gasteiger partial charge in [0.05, 0.1) is 0 Å². The molecule has 0 aromatic heterocycles. The average Bonchev–Trinajstić information content (AvgIpc) is 2.77. The first-order chi connectivity index (χ1) is 13.8. The van der Waals surface area contributed by atoms with Crippen LogP contribution >= 0.6 is 0 Å². The first kappa shape index (κ1) is 20.3. The maximum absolute atomic E-state index is 3.61. The Hall–Kier alpha value is -2.42. The molecular formula is C26H32N2. The molecule has 3 rings (SSSR count). The molecule has 0 fully saturated rings. The zero-order valence-corrected chi connectivity index (χ0v) is 16.9. The van der Waals surface area contributed by atoms with Crippen LogP contribution in [0.2, 0.25) is 0 Å². The van der Waals surface area contributed by atoms with Crippen LogP contribution in [0.3, 0.4) is 0 Å². The lowest BCUT2D eigenvalue weighted by molar-refractivity contribution is 0.560. The Labute approximate surface area is 170 Å². The lowest BCUT2D eigenvalue weighted by Crippen LogP contribution is -2.30. The van der Waals surface area contributed by atoms with Gasteiger partial charge in [-0.05, 0) is 35.6 Å². The van der Waals surface area contributed by atoms with Gasteiger partial charge < -0.3 is 10.6 Å². The Morgan fingerprint density at radius 3 is 1.57 bits per heavy atom. The Morgan fingerprint density at radius 2 is 1.04 bits per heavy atom. The molecule has 0 aliphatic rings. The van der Waals surface area contributed by atoms with Gasteiger partial charge in [-0.1, -0.05) is 97.9 Å². The van der Waals surface area contributed by atoms with Crippen molar-refractivity contribution in [2.45, 2.75) is 25.2 Å². The fourth-order valence-electron chi connectivity index (χ4n) is 3.66. The van der Waals surface area contributed by atoms with E-state index in [0.717, 1.165) is 32.6 Å². The van der Waals surface area contributed by atoms with Crippen molar-refractivity contribution in [1.29, 1.82) is 0 Å². The minimum absolute atomic E-state index is 0.445. The van der Waals surface area contributed by atoms with Crippen LogP contribution in [0.4, 0.5) is 0 Å². The molecule has 1 atom stereocenters. The molecule has 0 radical (unpaired) electrons. The van der Waals surface area contributed by atoms with E-state index >= 15 is 0 Å². The maximum atomic E-state index is 3.61. The van der Waals surface area contributed by atoms with Gasteiger partial charge in [0.25, 0.3) is 0 Å². The van der Waals surface area contributed by atoms with Crippen LogP contribution in [-0.2, 0) is 0 Å². The van der Waals surface area contributed by atoms with Crippen LogP contribution in [0.25, 0.3) is 0 Å². The van der Waals surface area contributed by atoms with Gasteiger partial charge in [-0.15, -0.1) is 0 Å². The molecule has 0 saturated heterocycles. The third-order valence-electron chi connectivity index (χ3n) is 5.31. The van der Waals surface area contributed by atoms with E-state index in [-0.39, 0.29) is 0 Å². The zero-order valence-electron chi connectivity index (χ0n) is 16.9. The van der Waals surface area contributed by atoms with Crippen molar-refractivity contribution < 1.29 is 0 Å². The van der Waals surface area contributed by atoms with Gasteiger partial charge in [-0.3, -0.25) is 0 Å². The highest BCUT2D eigenvalue weighted by Gasteiger charge is 2.13. The molecule has 0 spiro atoms. The minimum atomic E-state index is 0.445. The largest absolute Gasteiger partial charge is 0.315 e. The fraction of sp³-hybridized carbons (Fsp3) is 0.308. The van der Waals surface area contributed by atoms with Crippen molar-refractivity contribution >= 4 is 0 Å². The third kappa shape index (κ3) is 6.33. The molecular weight excluding hydrogens is 340 g/mol. The first-order valence-corrected chi connectivity index (χ1v) is 10.4. The van der Waals surface area contributed by atoms with Gasteiger partial charge in [-0.25, -0.2) is 0 Å². The number of benzene rings is 3. The molecule has 2 N–H and O–H groups in total. The van der Waals surface area contributed by atoms with Crippen molar-refractivity contribution in [3.63, 3.8) is 0 Å². The summed E-state index contributed by atoms with van der Waals surface area (Å²) in [6.45, 7) is 6.31. The molecule has 0 bridgehead atoms. The second kappa shape index (κ2) is 11.4. The predicted octanol–water partition coefficient (Wildman–Crippen LogP) is 5.19. The Kier molecular flexibility index (Phi) is 8.29. The monoisotopic (exact) mass is 372 g/mol. The SMILES string of the molecule is CC(CNCCNCCC(c1ccccc1)c1ccccc1)c1ccccc1. The third-order valence-corrected chi connectivity index (χ3v) is 5.31. The second-order valence-corrected chi connectivity index (χ2v) is 7.43. The highest BCUT2D eigenvalue weighted by molar-refractivity contribution is 5.32. The first-order valence-electron chi connectivity index (χ1n) is 10.4. The summed E-state index contributed by atoms with van der Waals surface area (Å²) in [5.74, 6) is 0.989. The van der Waals surface area contributed by atoms with E-state index in [4.69, 9.17) is 0 Å². The maximum Gasteiger partial charge on any atom is 0.0101 e. The smallest absolute Gasteiger partial charge is 0.0101 e. The molecule has 28 heavy (non-hydrogen) atoms. The molecule has 0 aliphatic carbocycles. The fourth-order valence-corrected chi connectivity index (χ4v) is 3.66. The molecule has 2 heteroatoms. The molecule has 146 valence electrons. The van der Waals surface area contributed by atoms with Crippen molar-refractivity contribution in [1.82, 2.24) is 10.6 Å². The topological polar surface area (TPSA) is 24.1 Å². The van der Waals surface area contributed by atoms with Crippen LogP contribution in [0.1, 0.15) is 41.9 Å². The summed E-state index contributed by atoms with van der Waals surface area (Å²) in [6.07, 6.45) is 1.11. The molecule has 2 nitrogen and oxygen atoms in total. The lowest BCUT2D eigenvalue weighted by atomic mass is 9.88. The Balaban J connectivity index is 1.39. The highest BCUT2D eigenvalue weighted by Crippen LogP contribution is 2.27. The van der Waals surface area contributed by atoms with E-state index in [9.17, 15) is 0 Å². The molecule has 3 aromatic carbocycles. The highest BCUT2D eigenvalue weighted by atomic mass is 14.9. The molecule has 0 amide bonds. The van der Waals surface area contributed by atoms with Gasteiger partial charge in [0.2, 0.25) is 0 Å². The van der Waals surface area contributed by atoms with Crippen molar-refractivity contribution in [3.05, 3.63) is 108 Å². The van der Waals surface area contributed by atoms with Gasteiger partial charge in [-0.2, -0.15) is 0 Å². The van der Waals surface area contributed by atoms with Crippen molar-refractivity contribution in [3.8, 4) is 0 Å². The predicted molar refractivity (Wildman–Crippen MR) is 120 cm³/mol. The summed E-state index contributed by atoms with van der Waals surface area (Å²) in [7, 11) is 0. The summed E-state index contributed by atoms with van der Waals surface area (Å²) >= 11 is 0. The van der Waals surface area contributed by atoms with Gasteiger partial charge >= 0.3 is 0 Å². The van der Waals surface area contributed by atoms with E-state index in [1.807, 2.05) is 0 Å². The van der Waals surface area contributed by atoms with Gasteiger partial charge in [0, 0.05) is 25.6 Å². The van der Waals surface area contributed by atoms with Crippen LogP contribution in [0, 0.1) is 0 Å². The Bertz CT molecular complexity index is 732. The average molecular weight is 373 g/mol. The molecule has 1 unspecified atom stereocenters. The molecule has 0 heterocycles. The second-order valence-electron chi connectivity index (χ2n) is 7.43. The Morgan fingerprint density at radius 1 is 0.571 bits per heavy atom. The minimum Gasteiger partial charge on any atom is -0.315 e. The summed E-state index contributed by atoms with van der Waals surface area (Å²) in [4.78, 5) is 0. The van der Waals surface area contributed by atoms with E-state index < -0.39 is 0 Å². The standard InChI is InChI=1S/C26H32N2/c1-22(23-11-5-2-6-12-23)21-28-20-19-27-18-17-26(24-13-7-3-8-14-24)25-15-9-4-10-16-25/h2-16,22,26-28H,17-21H2,1H3. The van der Waals surface area contributed by atoms with Gasteiger partial charge in [0.15, 0.2) is 0 Å². The van der Waals surface area contributed by atoms with Crippen LogP contribution in [-0.4, -0.2) is 26.2 Å². The van der Waals surface area contributed by atoms with Crippen molar-refractivity contribution in [2.24, 2.45) is 0 Å². The zero-order chi connectivity index (χ0) is 19.4. The summed E-state index contributed by atoms with van der Waals surface area (Å²) in [5.41, 5.74) is 4.19. The molecule has 3 aromatic rings. The van der Waals surface area contributed by atoms with E-state index in [0.29, 0.717) is 11.8 Å². The van der Waals surface area contributed by atoms with Crippen LogP contribution < -0.4 is 10.6 Å². The normalized spacial score (nSPS) is 12.2. The number of hydrogen-bond acceptors (Lipinski definition) is 2. The number of hydrogen-bond donors (Lipinski definition) is 2. The molecule has 0 aliphatic heterocycles. The number of nitrogens with one attached hydrogen (secondary N) is 2. The number of rotatable bonds is 11. The van der Waals surface area contributed by atoms with Crippen LogP contribution in [0.5, 0.6) is 0 Å². The summed E-state index contributed by atoms with van der Waals surface area (Å²) in [5, 5.41) is 7.18. The van der Waals surface area contributed by atoms with E-state index in [1.165, 1.54) is 16.7 Å². The van der Waals surface area contributed by atoms with Gasteiger partial charge in [0.1, 0.15) is 0 Å². The van der Waals surface area contributed by atoms with Crippen LogP contribution in [0.15, 0.2) is 91.0 Å². The van der Waals surface area contributed by atoms with Crippen molar-refractivity contribution in [2.75, 3.05) is 26.2 Å². The summed E-state index contributed by atoms with van der Waals surface area (Å²) < 4.78 is 0. The molecule has 0 saturated carbocycles. The quantitative estimate of drug-likeness (QED) is 0.453. The summed E-state index contributed by atoms with van der Waals surface area (Å²) in [6, 6.07) is 32.4.